The normalized spacial score (nSPS) is 16.8. The van der Waals surface area contributed by atoms with Gasteiger partial charge in [-0.1, -0.05) is 59.8 Å². The number of benzene rings is 2. The van der Waals surface area contributed by atoms with Crippen LogP contribution in [0.2, 0.25) is 5.02 Å². The molecule has 1 aliphatic rings. The van der Waals surface area contributed by atoms with Gasteiger partial charge in [0, 0.05) is 12.1 Å². The Labute approximate surface area is 173 Å². The number of halogens is 1. The van der Waals surface area contributed by atoms with E-state index in [-0.39, 0.29) is 11.2 Å². The van der Waals surface area contributed by atoms with Crippen LogP contribution in [-0.4, -0.2) is 40.6 Å². The Morgan fingerprint density at radius 2 is 1.78 bits per heavy atom. The SMILES string of the molecule is COCCN1C(=O)[C@@H](Cc2ccc(OCc3ccc(Cl)cc3)cc2)SC1=S. The highest BCUT2D eigenvalue weighted by atomic mass is 35.5. The van der Waals surface area contributed by atoms with Crippen molar-refractivity contribution in [2.45, 2.75) is 18.3 Å². The van der Waals surface area contributed by atoms with Crippen molar-refractivity contribution in [3.63, 3.8) is 0 Å². The Morgan fingerprint density at radius 1 is 1.11 bits per heavy atom. The fourth-order valence-electron chi connectivity index (χ4n) is 2.70. The number of amides is 1. The molecule has 2 aromatic carbocycles. The van der Waals surface area contributed by atoms with E-state index in [2.05, 4.69) is 0 Å². The van der Waals surface area contributed by atoms with E-state index < -0.39 is 0 Å². The van der Waals surface area contributed by atoms with Crippen molar-refractivity contribution in [1.29, 1.82) is 0 Å². The van der Waals surface area contributed by atoms with Crippen LogP contribution in [-0.2, 0) is 22.6 Å². The zero-order chi connectivity index (χ0) is 19.2. The second-order valence-corrected chi connectivity index (χ2v) is 8.39. The molecule has 3 rings (SSSR count). The Balaban J connectivity index is 1.54. The van der Waals surface area contributed by atoms with Crippen LogP contribution in [0.4, 0.5) is 0 Å². The maximum Gasteiger partial charge on any atom is 0.242 e. The number of thioether (sulfide) groups is 1. The van der Waals surface area contributed by atoms with Gasteiger partial charge in [-0.2, -0.15) is 0 Å². The zero-order valence-electron chi connectivity index (χ0n) is 14.9. The molecule has 142 valence electrons. The first-order valence-electron chi connectivity index (χ1n) is 8.54. The molecule has 2 aromatic rings. The lowest BCUT2D eigenvalue weighted by atomic mass is 10.1. The number of ether oxygens (including phenoxy) is 2. The predicted octanol–water partition coefficient (Wildman–Crippen LogP) is 4.34. The molecular formula is C20H20ClNO3S2. The van der Waals surface area contributed by atoms with Gasteiger partial charge in [-0.3, -0.25) is 9.69 Å². The molecule has 1 saturated heterocycles. The molecule has 0 saturated carbocycles. The third kappa shape index (κ3) is 5.45. The van der Waals surface area contributed by atoms with E-state index in [0.717, 1.165) is 16.9 Å². The van der Waals surface area contributed by atoms with Crippen LogP contribution in [0.15, 0.2) is 48.5 Å². The molecule has 0 aromatic heterocycles. The van der Waals surface area contributed by atoms with Gasteiger partial charge in [0.1, 0.15) is 16.7 Å². The molecule has 1 amide bonds. The summed E-state index contributed by atoms with van der Waals surface area (Å²) < 4.78 is 11.5. The van der Waals surface area contributed by atoms with Crippen molar-refractivity contribution in [1.82, 2.24) is 4.90 Å². The van der Waals surface area contributed by atoms with Gasteiger partial charge in [-0.25, -0.2) is 0 Å². The number of hydrogen-bond donors (Lipinski definition) is 0. The first-order valence-corrected chi connectivity index (χ1v) is 10.2. The summed E-state index contributed by atoms with van der Waals surface area (Å²) in [7, 11) is 1.62. The van der Waals surface area contributed by atoms with Gasteiger partial charge in [-0.05, 0) is 41.8 Å². The molecule has 0 bridgehead atoms. The lowest BCUT2D eigenvalue weighted by Gasteiger charge is -2.14. The zero-order valence-corrected chi connectivity index (χ0v) is 17.3. The van der Waals surface area contributed by atoms with E-state index in [1.165, 1.54) is 11.8 Å². The van der Waals surface area contributed by atoms with E-state index in [1.807, 2.05) is 48.5 Å². The summed E-state index contributed by atoms with van der Waals surface area (Å²) in [5.74, 6) is 0.849. The third-order valence-electron chi connectivity index (χ3n) is 4.19. The number of thiocarbonyl (C=S) groups is 1. The van der Waals surface area contributed by atoms with Crippen molar-refractivity contribution in [2.24, 2.45) is 0 Å². The van der Waals surface area contributed by atoms with E-state index in [9.17, 15) is 4.79 Å². The quantitative estimate of drug-likeness (QED) is 0.593. The molecule has 7 heteroatoms. The van der Waals surface area contributed by atoms with Gasteiger partial charge in [0.25, 0.3) is 0 Å². The Bertz CT molecular complexity index is 796. The Hall–Kier alpha value is -1.60. The second-order valence-electron chi connectivity index (χ2n) is 6.12. The lowest BCUT2D eigenvalue weighted by Crippen LogP contribution is -2.34. The molecular weight excluding hydrogens is 402 g/mol. The van der Waals surface area contributed by atoms with Crippen molar-refractivity contribution in [2.75, 3.05) is 20.3 Å². The van der Waals surface area contributed by atoms with Crippen molar-refractivity contribution in [3.05, 3.63) is 64.7 Å². The predicted molar refractivity (Wildman–Crippen MR) is 113 cm³/mol. The maximum atomic E-state index is 12.5. The third-order valence-corrected chi connectivity index (χ3v) is 6.02. The number of carbonyl (C=O) groups is 1. The summed E-state index contributed by atoms with van der Waals surface area (Å²) in [6.45, 7) is 1.48. The topological polar surface area (TPSA) is 38.8 Å². The van der Waals surface area contributed by atoms with E-state index in [1.54, 1.807) is 12.0 Å². The van der Waals surface area contributed by atoms with Gasteiger partial charge in [-0.15, -0.1) is 0 Å². The summed E-state index contributed by atoms with van der Waals surface area (Å²) >= 11 is 12.7. The Kier molecular flexibility index (Phi) is 7.13. The number of carbonyl (C=O) groups excluding carboxylic acids is 1. The number of hydrogen-bond acceptors (Lipinski definition) is 5. The minimum atomic E-state index is -0.171. The molecule has 0 spiro atoms. The van der Waals surface area contributed by atoms with Crippen LogP contribution in [0.5, 0.6) is 5.75 Å². The first-order chi connectivity index (χ1) is 13.1. The van der Waals surface area contributed by atoms with Gasteiger partial charge in [0.05, 0.1) is 18.4 Å². The van der Waals surface area contributed by atoms with Crippen LogP contribution < -0.4 is 4.74 Å². The highest BCUT2D eigenvalue weighted by Crippen LogP contribution is 2.30. The van der Waals surface area contributed by atoms with E-state index in [0.29, 0.717) is 35.5 Å². The molecule has 0 unspecified atom stereocenters. The first kappa shape index (κ1) is 20.1. The molecule has 1 aliphatic heterocycles. The molecule has 4 nitrogen and oxygen atoms in total. The number of rotatable bonds is 8. The fraction of sp³-hybridized carbons (Fsp3) is 0.300. The van der Waals surface area contributed by atoms with E-state index >= 15 is 0 Å². The molecule has 1 fully saturated rings. The molecule has 1 atom stereocenters. The average molecular weight is 422 g/mol. The lowest BCUT2D eigenvalue weighted by molar-refractivity contribution is -0.126. The summed E-state index contributed by atoms with van der Waals surface area (Å²) in [5, 5.41) is 0.540. The van der Waals surface area contributed by atoms with Crippen molar-refractivity contribution in [3.8, 4) is 5.75 Å². The molecule has 0 N–H and O–H groups in total. The highest BCUT2D eigenvalue weighted by molar-refractivity contribution is 8.24. The van der Waals surface area contributed by atoms with Crippen LogP contribution in [0.3, 0.4) is 0 Å². The second kappa shape index (κ2) is 9.55. The van der Waals surface area contributed by atoms with Gasteiger partial charge in [0.2, 0.25) is 5.91 Å². The highest BCUT2D eigenvalue weighted by Gasteiger charge is 2.36. The number of methoxy groups -OCH3 is 1. The largest absolute Gasteiger partial charge is 0.489 e. The van der Waals surface area contributed by atoms with Crippen molar-refractivity contribution < 1.29 is 14.3 Å². The monoisotopic (exact) mass is 421 g/mol. The van der Waals surface area contributed by atoms with Crippen LogP contribution >= 0.6 is 35.6 Å². The van der Waals surface area contributed by atoms with Crippen LogP contribution in [0.25, 0.3) is 0 Å². The van der Waals surface area contributed by atoms with Crippen LogP contribution in [0, 0.1) is 0 Å². The summed E-state index contributed by atoms with van der Waals surface area (Å²) in [4.78, 5) is 14.1. The molecule has 0 radical (unpaired) electrons. The fourth-order valence-corrected chi connectivity index (χ4v) is 4.41. The van der Waals surface area contributed by atoms with Crippen molar-refractivity contribution >= 4 is 45.8 Å². The van der Waals surface area contributed by atoms with Gasteiger partial charge in [0.15, 0.2) is 0 Å². The molecule has 1 heterocycles. The van der Waals surface area contributed by atoms with Gasteiger partial charge >= 0.3 is 0 Å². The molecule has 0 aliphatic carbocycles. The Morgan fingerprint density at radius 3 is 2.44 bits per heavy atom. The smallest absolute Gasteiger partial charge is 0.242 e. The molecule has 27 heavy (non-hydrogen) atoms. The van der Waals surface area contributed by atoms with E-state index in [4.69, 9.17) is 33.3 Å². The summed E-state index contributed by atoms with van der Waals surface area (Å²) in [5.41, 5.74) is 2.14. The summed E-state index contributed by atoms with van der Waals surface area (Å²) in [6.07, 6.45) is 0.643. The minimum Gasteiger partial charge on any atom is -0.489 e. The minimum absolute atomic E-state index is 0.0603. The standard InChI is InChI=1S/C20H20ClNO3S2/c1-24-11-10-22-19(23)18(27-20(22)26)12-14-4-8-17(9-5-14)25-13-15-2-6-16(21)7-3-15/h2-9,18H,10-13H2,1H3/t18-/m1/s1. The van der Waals surface area contributed by atoms with Crippen LogP contribution in [0.1, 0.15) is 11.1 Å². The summed E-state index contributed by atoms with van der Waals surface area (Å²) in [6, 6.07) is 15.4. The average Bonchev–Trinajstić information content (AvgIpc) is 2.94. The maximum absolute atomic E-state index is 12.5. The van der Waals surface area contributed by atoms with Gasteiger partial charge < -0.3 is 9.47 Å². The number of nitrogens with zero attached hydrogens (tertiary/aromatic N) is 1.